The summed E-state index contributed by atoms with van der Waals surface area (Å²) in [6.45, 7) is 8.24. The Morgan fingerprint density at radius 2 is 1.18 bits per heavy atom. The molecule has 0 amide bonds. The maximum absolute atomic E-state index is 12.4. The van der Waals surface area contributed by atoms with Gasteiger partial charge in [0.15, 0.2) is 0 Å². The third-order valence-electron chi connectivity index (χ3n) is 5.68. The number of ether oxygens (including phenoxy) is 2. The molecule has 0 saturated heterocycles. The molecule has 0 fully saturated rings. The third-order valence-corrected chi connectivity index (χ3v) is 11.5. The Morgan fingerprint density at radius 3 is 1.59 bits per heavy atom. The van der Waals surface area contributed by atoms with Crippen LogP contribution in [0.1, 0.15) is 35.0 Å². The lowest BCUT2D eigenvalue weighted by molar-refractivity contribution is 0.0812. The Balaban J connectivity index is 0.000000241. The lowest BCUT2D eigenvalue weighted by atomic mass is 10.2. The number of hydrogen-bond donors (Lipinski definition) is 2. The molecule has 44 heavy (non-hydrogen) atoms. The Hall–Kier alpha value is -2.44. The molecule has 2 N–H and O–H groups in total. The van der Waals surface area contributed by atoms with E-state index in [4.69, 9.17) is 32.7 Å². The van der Waals surface area contributed by atoms with Gasteiger partial charge < -0.3 is 9.47 Å². The first-order chi connectivity index (χ1) is 20.7. The molecule has 2 aromatic heterocycles. The summed E-state index contributed by atoms with van der Waals surface area (Å²) in [5, 5.41) is 18.2. The molecule has 0 aliphatic heterocycles. The highest BCUT2D eigenvalue weighted by Gasteiger charge is 2.21. The second kappa shape index (κ2) is 16.2. The summed E-state index contributed by atoms with van der Waals surface area (Å²) in [6.07, 6.45) is 1.33. The first kappa shape index (κ1) is 36.0. The highest BCUT2D eigenvalue weighted by molar-refractivity contribution is 7.93. The number of methoxy groups -OCH3 is 1. The van der Waals surface area contributed by atoms with Gasteiger partial charge in [0.25, 0.3) is 20.0 Å². The van der Waals surface area contributed by atoms with Crippen molar-refractivity contribution in [1.29, 1.82) is 0 Å². The predicted molar refractivity (Wildman–Crippen MR) is 174 cm³/mol. The second-order valence-corrected chi connectivity index (χ2v) is 15.6. The summed E-state index contributed by atoms with van der Waals surface area (Å²) >= 11 is 14.3. The first-order valence-corrected chi connectivity index (χ1v) is 18.4. The van der Waals surface area contributed by atoms with Crippen molar-refractivity contribution in [2.75, 3.05) is 29.8 Å². The fraction of sp³-hybridized carbons (Fsp3) is 0.385. The first-order valence-electron chi connectivity index (χ1n) is 13.0. The molecular weight excluding hydrogens is 691 g/mol. The number of aromatic nitrogens is 4. The van der Waals surface area contributed by atoms with Crippen molar-refractivity contribution >= 4 is 76.2 Å². The van der Waals surface area contributed by atoms with E-state index in [0.29, 0.717) is 57.2 Å². The molecule has 240 valence electrons. The van der Waals surface area contributed by atoms with Crippen molar-refractivity contribution in [2.24, 2.45) is 0 Å². The number of nitrogens with one attached hydrogen (secondary N) is 2. The number of anilines is 2. The van der Waals surface area contributed by atoms with Crippen molar-refractivity contribution in [3.8, 4) is 0 Å². The highest BCUT2D eigenvalue weighted by atomic mass is 35.5. The third kappa shape index (κ3) is 10.3. The van der Waals surface area contributed by atoms with E-state index >= 15 is 0 Å². The number of nitrogens with zero attached hydrogens (tertiary/aromatic N) is 4. The summed E-state index contributed by atoms with van der Waals surface area (Å²) in [7, 11) is -5.89. The van der Waals surface area contributed by atoms with E-state index in [0.717, 1.165) is 0 Å². The van der Waals surface area contributed by atoms with Crippen LogP contribution in [-0.4, -0.2) is 63.7 Å². The van der Waals surface area contributed by atoms with Crippen LogP contribution in [0.3, 0.4) is 0 Å². The molecule has 0 spiro atoms. The molecule has 0 aliphatic carbocycles. The second-order valence-electron chi connectivity index (χ2n) is 9.35. The SMILES string of the molecule is COCCc1nnc(NS(=O)(=O)c2cccc(Cl)c2C)s1.Cc1c(Cl)cccc1S(=O)(=O)Nc1nnc(CCOC(C)C)s1. The predicted octanol–water partition coefficient (Wildman–Crippen LogP) is 5.76. The van der Waals surface area contributed by atoms with E-state index in [1.807, 2.05) is 13.8 Å². The zero-order valence-electron chi connectivity index (χ0n) is 24.5. The van der Waals surface area contributed by atoms with E-state index in [1.54, 1.807) is 45.2 Å². The molecule has 18 heteroatoms. The zero-order valence-corrected chi connectivity index (χ0v) is 29.3. The average Bonchev–Trinajstić information content (AvgIpc) is 3.58. The molecule has 0 aliphatic rings. The quantitative estimate of drug-likeness (QED) is 0.174. The minimum absolute atomic E-state index is 0.128. The van der Waals surface area contributed by atoms with Gasteiger partial charge in [-0.1, -0.05) is 58.0 Å². The molecule has 2 aromatic carbocycles. The number of rotatable bonds is 13. The summed E-state index contributed by atoms with van der Waals surface area (Å²) in [5.74, 6) is 0. The molecule has 2 heterocycles. The van der Waals surface area contributed by atoms with Crippen LogP contribution in [0.5, 0.6) is 0 Å². The smallest absolute Gasteiger partial charge is 0.264 e. The van der Waals surface area contributed by atoms with E-state index in [-0.39, 0.29) is 26.2 Å². The Kier molecular flexibility index (Phi) is 13.3. The number of halogens is 2. The fourth-order valence-corrected chi connectivity index (χ4v) is 8.36. The minimum atomic E-state index is -3.74. The summed E-state index contributed by atoms with van der Waals surface area (Å²) in [6, 6.07) is 9.47. The van der Waals surface area contributed by atoms with Crippen LogP contribution < -0.4 is 9.44 Å². The van der Waals surface area contributed by atoms with Gasteiger partial charge in [0, 0.05) is 30.0 Å². The molecule has 4 aromatic rings. The number of hydrogen-bond acceptors (Lipinski definition) is 12. The zero-order chi connectivity index (χ0) is 32.5. The van der Waals surface area contributed by atoms with E-state index in [1.165, 1.54) is 34.8 Å². The van der Waals surface area contributed by atoms with E-state index in [9.17, 15) is 16.8 Å². The van der Waals surface area contributed by atoms with Gasteiger partial charge in [0.1, 0.15) is 10.0 Å². The van der Waals surface area contributed by atoms with Crippen LogP contribution in [0.2, 0.25) is 10.0 Å². The lowest BCUT2D eigenvalue weighted by Crippen LogP contribution is -2.14. The highest BCUT2D eigenvalue weighted by Crippen LogP contribution is 2.27. The van der Waals surface area contributed by atoms with Gasteiger partial charge in [-0.15, -0.1) is 20.4 Å². The molecular formula is C26H32Cl2N6O6S4. The van der Waals surface area contributed by atoms with Crippen LogP contribution in [0.25, 0.3) is 0 Å². The number of benzene rings is 2. The Labute approximate surface area is 275 Å². The van der Waals surface area contributed by atoms with Crippen molar-refractivity contribution in [3.63, 3.8) is 0 Å². The maximum Gasteiger partial charge on any atom is 0.264 e. The molecule has 0 bridgehead atoms. The van der Waals surface area contributed by atoms with Crippen LogP contribution in [-0.2, 0) is 42.4 Å². The van der Waals surface area contributed by atoms with E-state index < -0.39 is 20.0 Å². The van der Waals surface area contributed by atoms with Gasteiger partial charge in [0.2, 0.25) is 10.3 Å². The molecule has 0 radical (unpaired) electrons. The average molecular weight is 724 g/mol. The normalized spacial score (nSPS) is 11.7. The van der Waals surface area contributed by atoms with Gasteiger partial charge in [-0.2, -0.15) is 0 Å². The van der Waals surface area contributed by atoms with Crippen LogP contribution in [0.4, 0.5) is 10.3 Å². The largest absolute Gasteiger partial charge is 0.384 e. The fourth-order valence-electron chi connectivity index (χ4n) is 3.46. The topological polar surface area (TPSA) is 162 Å². The van der Waals surface area contributed by atoms with Crippen molar-refractivity contribution < 1.29 is 26.3 Å². The van der Waals surface area contributed by atoms with Crippen LogP contribution >= 0.6 is 45.9 Å². The maximum atomic E-state index is 12.4. The minimum Gasteiger partial charge on any atom is -0.384 e. The monoisotopic (exact) mass is 722 g/mol. The molecule has 0 saturated carbocycles. The summed E-state index contributed by atoms with van der Waals surface area (Å²) < 4.78 is 64.8. The molecule has 12 nitrogen and oxygen atoms in total. The van der Waals surface area contributed by atoms with Crippen molar-refractivity contribution in [2.45, 2.75) is 56.4 Å². The van der Waals surface area contributed by atoms with Crippen molar-refractivity contribution in [3.05, 3.63) is 67.6 Å². The Morgan fingerprint density at radius 1 is 0.750 bits per heavy atom. The summed E-state index contributed by atoms with van der Waals surface area (Å²) in [5.41, 5.74) is 0.993. The van der Waals surface area contributed by atoms with Gasteiger partial charge in [-0.05, 0) is 63.1 Å². The van der Waals surface area contributed by atoms with Gasteiger partial charge >= 0.3 is 0 Å². The summed E-state index contributed by atoms with van der Waals surface area (Å²) in [4.78, 5) is 0.258. The van der Waals surface area contributed by atoms with Gasteiger partial charge in [0.05, 0.1) is 29.1 Å². The molecule has 4 rings (SSSR count). The standard InChI is InChI=1S/C14H18ClN3O3S2.C12H14ClN3O3S2/c1-9(2)21-8-7-13-16-17-14(22-13)18-23(19,20)12-6-4-5-11(15)10(12)3;1-8-9(13)4-3-5-10(8)21(17,18)16-12-15-14-11(20-12)6-7-19-2/h4-6,9H,7-8H2,1-3H3,(H,17,18);3-5H,6-7H2,1-2H3,(H,15,16). The number of sulfonamides is 2. The molecule has 0 atom stereocenters. The van der Waals surface area contributed by atoms with E-state index in [2.05, 4.69) is 29.8 Å². The van der Waals surface area contributed by atoms with Crippen LogP contribution in [0, 0.1) is 13.8 Å². The lowest BCUT2D eigenvalue weighted by Gasteiger charge is -2.08. The van der Waals surface area contributed by atoms with Gasteiger partial charge in [-0.25, -0.2) is 16.8 Å². The molecule has 0 unspecified atom stereocenters. The van der Waals surface area contributed by atoms with Crippen LogP contribution in [0.15, 0.2) is 46.2 Å². The van der Waals surface area contributed by atoms with Crippen molar-refractivity contribution in [1.82, 2.24) is 20.4 Å². The van der Waals surface area contributed by atoms with Gasteiger partial charge in [-0.3, -0.25) is 9.44 Å². The Bertz CT molecular complexity index is 1760.